The number of esters is 3. The predicted molar refractivity (Wildman–Crippen MR) is 97.2 cm³/mol. The molecule has 0 bridgehead atoms. The molecule has 1 saturated carbocycles. The first-order valence-electron chi connectivity index (χ1n) is 9.17. The van der Waals surface area contributed by atoms with Gasteiger partial charge in [-0.1, -0.05) is 13.3 Å². The van der Waals surface area contributed by atoms with Crippen LogP contribution in [0.4, 0.5) is 0 Å². The summed E-state index contributed by atoms with van der Waals surface area (Å²) in [5, 5.41) is 21.4. The fraction of sp³-hybridized carbons (Fsp3) is 0.684. The maximum atomic E-state index is 12.5. The zero-order valence-corrected chi connectivity index (χ0v) is 17.2. The zero-order valence-electron chi connectivity index (χ0n) is 17.2. The van der Waals surface area contributed by atoms with Crippen molar-refractivity contribution in [3.8, 4) is 0 Å². The molecule has 0 saturated heterocycles. The zero-order chi connectivity index (χ0) is 22.4. The molecule has 29 heavy (non-hydrogen) atoms. The van der Waals surface area contributed by atoms with Gasteiger partial charge in [0.25, 0.3) is 0 Å². The number of carbonyl (C=O) groups excluding carboxylic acids is 4. The molecule has 10 nitrogen and oxygen atoms in total. The number of aliphatic hydroxyl groups excluding tert-OH is 1. The lowest BCUT2D eigenvalue weighted by Crippen LogP contribution is -2.54. The second-order valence-corrected chi connectivity index (χ2v) is 6.88. The first-order valence-corrected chi connectivity index (χ1v) is 9.17. The molecule has 0 heterocycles. The van der Waals surface area contributed by atoms with Crippen LogP contribution in [0.25, 0.3) is 0 Å². The summed E-state index contributed by atoms with van der Waals surface area (Å²) < 4.78 is 20.2. The third-order valence-electron chi connectivity index (χ3n) is 4.44. The molecule has 0 aromatic rings. The fourth-order valence-corrected chi connectivity index (χ4v) is 2.85. The molecule has 0 aromatic heterocycles. The van der Waals surface area contributed by atoms with Gasteiger partial charge in [-0.05, 0) is 19.4 Å². The summed E-state index contributed by atoms with van der Waals surface area (Å²) >= 11 is 0. The van der Waals surface area contributed by atoms with E-state index in [0.717, 1.165) is 27.2 Å². The summed E-state index contributed by atoms with van der Waals surface area (Å²) in [6, 6.07) is 0. The Labute approximate surface area is 168 Å². The molecule has 1 rings (SSSR count). The summed E-state index contributed by atoms with van der Waals surface area (Å²) in [6.45, 7) is 5.75. The molecule has 0 aliphatic heterocycles. The topological polar surface area (TPSA) is 146 Å². The van der Waals surface area contributed by atoms with E-state index in [1.165, 1.54) is 13.2 Å². The third kappa shape index (κ3) is 5.54. The predicted octanol–water partition coefficient (Wildman–Crippen LogP) is 0.177. The number of allylic oxidation sites excluding steroid dienone is 1. The third-order valence-corrected chi connectivity index (χ3v) is 4.44. The Morgan fingerprint density at radius 2 is 1.69 bits per heavy atom. The number of ether oxygens (including phenoxy) is 4. The molecule has 0 aromatic carbocycles. The molecule has 164 valence electrons. The maximum Gasteiger partial charge on any atom is 0.303 e. The number of hydrogen-bond acceptors (Lipinski definition) is 10. The van der Waals surface area contributed by atoms with Crippen LogP contribution in [-0.2, 0) is 38.1 Å². The van der Waals surface area contributed by atoms with Gasteiger partial charge in [0.15, 0.2) is 12.2 Å². The van der Waals surface area contributed by atoms with Crippen LogP contribution < -0.4 is 0 Å². The van der Waals surface area contributed by atoms with Crippen molar-refractivity contribution in [2.24, 2.45) is 0 Å². The Bertz CT molecular complexity index is 672. The first kappa shape index (κ1) is 24.6. The molecular formula is C19H28O10. The monoisotopic (exact) mass is 416 g/mol. The number of carbonyl (C=O) groups is 4. The highest BCUT2D eigenvalue weighted by molar-refractivity contribution is 6.15. The molecule has 1 aliphatic rings. The average Bonchev–Trinajstić information content (AvgIpc) is 3.06. The van der Waals surface area contributed by atoms with E-state index in [9.17, 15) is 29.4 Å². The molecule has 1 unspecified atom stereocenters. The van der Waals surface area contributed by atoms with Gasteiger partial charge >= 0.3 is 17.9 Å². The Morgan fingerprint density at radius 3 is 2.17 bits per heavy atom. The number of unbranched alkanes of at least 4 members (excludes halogenated alkanes) is 1. The number of ketones is 1. The summed E-state index contributed by atoms with van der Waals surface area (Å²) in [5.74, 6) is -3.32. The van der Waals surface area contributed by atoms with Crippen molar-refractivity contribution in [2.45, 2.75) is 77.0 Å². The molecule has 5 atom stereocenters. The van der Waals surface area contributed by atoms with Gasteiger partial charge in [0.1, 0.15) is 12.7 Å². The van der Waals surface area contributed by atoms with Crippen molar-refractivity contribution < 1.29 is 48.3 Å². The lowest BCUT2D eigenvalue weighted by molar-refractivity contribution is -0.199. The van der Waals surface area contributed by atoms with E-state index in [1.807, 2.05) is 6.92 Å². The highest BCUT2D eigenvalue weighted by Gasteiger charge is 2.83. The Hall–Kier alpha value is -2.46. The van der Waals surface area contributed by atoms with Crippen LogP contribution in [0, 0.1) is 0 Å². The first-order chi connectivity index (χ1) is 13.4. The molecule has 0 radical (unpaired) electrons. The quantitative estimate of drug-likeness (QED) is 0.272. The van der Waals surface area contributed by atoms with Gasteiger partial charge in [-0.15, -0.1) is 0 Å². The van der Waals surface area contributed by atoms with Crippen molar-refractivity contribution in [1.82, 2.24) is 0 Å². The van der Waals surface area contributed by atoms with Gasteiger partial charge in [-0.3, -0.25) is 19.2 Å². The summed E-state index contributed by atoms with van der Waals surface area (Å²) in [7, 11) is 0. The van der Waals surface area contributed by atoms with E-state index in [0.29, 0.717) is 6.42 Å². The van der Waals surface area contributed by atoms with Crippen LogP contribution in [0.15, 0.2) is 12.3 Å². The Kier molecular flexibility index (Phi) is 8.34. The molecule has 10 heteroatoms. The summed E-state index contributed by atoms with van der Waals surface area (Å²) in [4.78, 5) is 46.7. The number of Topliss-reactive ketones (excluding diaryl/α,β-unsaturated/α-hetero) is 1. The summed E-state index contributed by atoms with van der Waals surface area (Å²) in [5.41, 5.74) is -4.19. The van der Waals surface area contributed by atoms with Crippen molar-refractivity contribution in [2.75, 3.05) is 6.61 Å². The van der Waals surface area contributed by atoms with E-state index < -0.39 is 59.8 Å². The molecule has 0 spiro atoms. The van der Waals surface area contributed by atoms with E-state index in [1.54, 1.807) is 6.08 Å². The van der Waals surface area contributed by atoms with E-state index in [2.05, 4.69) is 0 Å². The van der Waals surface area contributed by atoms with Crippen LogP contribution in [0.5, 0.6) is 0 Å². The lowest BCUT2D eigenvalue weighted by Gasteiger charge is -2.33. The number of aliphatic hydroxyl groups is 2. The van der Waals surface area contributed by atoms with Gasteiger partial charge in [0, 0.05) is 20.8 Å². The second kappa shape index (κ2) is 9.84. The van der Waals surface area contributed by atoms with Crippen molar-refractivity contribution in [1.29, 1.82) is 0 Å². The molecule has 1 aliphatic carbocycles. The smallest absolute Gasteiger partial charge is 0.303 e. The van der Waals surface area contributed by atoms with E-state index in [4.69, 9.17) is 18.9 Å². The minimum atomic E-state index is -2.40. The van der Waals surface area contributed by atoms with Crippen molar-refractivity contribution in [3.63, 3.8) is 0 Å². The van der Waals surface area contributed by atoms with Gasteiger partial charge in [0.05, 0.1) is 6.26 Å². The minimum Gasteiger partial charge on any atom is -0.484 e. The molecule has 0 amide bonds. The number of rotatable bonds is 11. The van der Waals surface area contributed by atoms with Crippen LogP contribution in [0.3, 0.4) is 0 Å². The van der Waals surface area contributed by atoms with Gasteiger partial charge in [-0.25, -0.2) is 0 Å². The molecule has 2 N–H and O–H groups in total. The van der Waals surface area contributed by atoms with E-state index >= 15 is 0 Å². The molecule has 1 fully saturated rings. The van der Waals surface area contributed by atoms with Gasteiger partial charge in [-0.2, -0.15) is 0 Å². The van der Waals surface area contributed by atoms with Gasteiger partial charge < -0.3 is 29.2 Å². The van der Waals surface area contributed by atoms with Crippen LogP contribution in [-0.4, -0.2) is 70.0 Å². The largest absolute Gasteiger partial charge is 0.484 e. The maximum absolute atomic E-state index is 12.5. The minimum absolute atomic E-state index is 0.622. The fourth-order valence-electron chi connectivity index (χ4n) is 2.85. The van der Waals surface area contributed by atoms with Crippen LogP contribution in [0.1, 0.15) is 47.5 Å². The Morgan fingerprint density at radius 1 is 1.10 bits per heavy atom. The Balaban J connectivity index is 3.22. The van der Waals surface area contributed by atoms with Crippen LogP contribution in [0.2, 0.25) is 0 Å². The van der Waals surface area contributed by atoms with Gasteiger partial charge in [0.2, 0.25) is 17.0 Å². The average molecular weight is 416 g/mol. The molecular weight excluding hydrogens is 388 g/mol. The second-order valence-electron chi connectivity index (χ2n) is 6.88. The van der Waals surface area contributed by atoms with Crippen molar-refractivity contribution >= 4 is 23.7 Å². The normalized spacial score (nSPS) is 26.4. The van der Waals surface area contributed by atoms with E-state index in [-0.39, 0.29) is 0 Å². The highest BCUT2D eigenvalue weighted by atomic mass is 16.6. The summed E-state index contributed by atoms with van der Waals surface area (Å²) in [6.07, 6.45) is -0.780. The van der Waals surface area contributed by atoms with Crippen LogP contribution >= 0.6 is 0 Å². The lowest BCUT2D eigenvalue weighted by atomic mass is 9.98. The SMILES string of the molecule is CCCC=COC1(C)C(=O)[C@@]1(O)[C@@H](OC(C)=O)[C@H](OC(C)=O)[C@H](O)COC(C)=O. The standard InChI is InChI=1S/C19H28O10/c1-6-7-8-9-27-18(5)17(24)19(18,25)16(29-13(4)22)15(28-12(3)21)14(23)10-26-11(2)20/h8-9,14-16,23,25H,6-7,10H2,1-5H3/t14-,15-,16+,18?,19+/m1/s1. The highest BCUT2D eigenvalue weighted by Crippen LogP contribution is 2.51. The van der Waals surface area contributed by atoms with Crippen molar-refractivity contribution in [3.05, 3.63) is 12.3 Å². The number of hydrogen-bond donors (Lipinski definition) is 2.